The first kappa shape index (κ1) is 19.5. The van der Waals surface area contributed by atoms with Gasteiger partial charge in [0.25, 0.3) is 0 Å². The van der Waals surface area contributed by atoms with Crippen molar-refractivity contribution in [2.45, 2.75) is 39.8 Å². The number of rotatable bonds is 4. The monoisotopic (exact) mass is 405 g/mol. The SMILES string of the molecule is CC1(C)[C@H](Nc2nccc3ccccc23)C(C)(C)[C@H]1Oc1ccc(C#N)c(Cl)c1. The van der Waals surface area contributed by atoms with Gasteiger partial charge in [-0.15, -0.1) is 0 Å². The third-order valence-electron chi connectivity index (χ3n) is 6.11. The molecule has 3 aromatic rings. The maximum atomic E-state index is 9.08. The zero-order chi connectivity index (χ0) is 20.8. The molecule has 0 saturated heterocycles. The zero-order valence-corrected chi connectivity index (χ0v) is 17.8. The standard InChI is InChI=1S/C24H24ClN3O/c1-23(2)21(28-20-18-8-6-5-7-15(18)11-12-27-20)24(3,4)22(23)29-17-10-9-16(14-26)19(25)13-17/h5-13,21-22H,1-4H3,(H,27,28)/t21-,22-. The van der Waals surface area contributed by atoms with Crippen molar-refractivity contribution in [3.63, 3.8) is 0 Å². The summed E-state index contributed by atoms with van der Waals surface area (Å²) >= 11 is 6.18. The van der Waals surface area contributed by atoms with E-state index in [9.17, 15) is 0 Å². The second kappa shape index (κ2) is 6.93. The minimum absolute atomic E-state index is 0.0218. The number of fused-ring (bicyclic) bond motifs is 1. The Balaban J connectivity index is 1.59. The summed E-state index contributed by atoms with van der Waals surface area (Å²) in [6.07, 6.45) is 1.82. The van der Waals surface area contributed by atoms with Crippen LogP contribution in [-0.4, -0.2) is 17.1 Å². The first-order valence-electron chi connectivity index (χ1n) is 9.71. The summed E-state index contributed by atoms with van der Waals surface area (Å²) in [5.41, 5.74) is 0.179. The molecule has 148 valence electrons. The number of hydrogen-bond acceptors (Lipinski definition) is 4. The van der Waals surface area contributed by atoms with Crippen molar-refractivity contribution < 1.29 is 4.74 Å². The Bertz CT molecular complexity index is 1100. The van der Waals surface area contributed by atoms with Crippen LogP contribution in [0.25, 0.3) is 10.8 Å². The first-order chi connectivity index (χ1) is 13.7. The van der Waals surface area contributed by atoms with Crippen molar-refractivity contribution in [1.82, 2.24) is 4.98 Å². The van der Waals surface area contributed by atoms with Crippen molar-refractivity contribution >= 4 is 28.2 Å². The van der Waals surface area contributed by atoms with Gasteiger partial charge < -0.3 is 10.1 Å². The molecule has 1 aliphatic rings. The van der Waals surface area contributed by atoms with Gasteiger partial charge in [0.05, 0.1) is 10.6 Å². The molecule has 4 nitrogen and oxygen atoms in total. The third-order valence-corrected chi connectivity index (χ3v) is 6.42. The van der Waals surface area contributed by atoms with Gasteiger partial charge in [0.1, 0.15) is 23.7 Å². The smallest absolute Gasteiger partial charge is 0.134 e. The van der Waals surface area contributed by atoms with E-state index in [-0.39, 0.29) is 23.0 Å². The van der Waals surface area contributed by atoms with Crippen LogP contribution < -0.4 is 10.1 Å². The minimum atomic E-state index is -0.136. The molecule has 0 bridgehead atoms. The van der Waals surface area contributed by atoms with Crippen molar-refractivity contribution in [2.24, 2.45) is 10.8 Å². The van der Waals surface area contributed by atoms with Gasteiger partial charge in [-0.25, -0.2) is 4.98 Å². The van der Waals surface area contributed by atoms with E-state index in [1.165, 1.54) is 5.39 Å². The van der Waals surface area contributed by atoms with E-state index in [0.717, 1.165) is 11.2 Å². The fourth-order valence-electron chi connectivity index (χ4n) is 4.97. The molecule has 4 rings (SSSR count). The van der Waals surface area contributed by atoms with Gasteiger partial charge in [0.15, 0.2) is 0 Å². The number of nitrogens with one attached hydrogen (secondary N) is 1. The number of hydrogen-bond donors (Lipinski definition) is 1. The molecular formula is C24H24ClN3O. The van der Waals surface area contributed by atoms with Crippen molar-refractivity contribution in [3.05, 3.63) is 65.3 Å². The minimum Gasteiger partial charge on any atom is -0.489 e. The first-order valence-corrected chi connectivity index (χ1v) is 10.1. The Morgan fingerprint density at radius 3 is 2.48 bits per heavy atom. The van der Waals surface area contributed by atoms with E-state index in [0.29, 0.717) is 16.3 Å². The lowest BCUT2D eigenvalue weighted by molar-refractivity contribution is -0.147. The van der Waals surface area contributed by atoms with Crippen LogP contribution in [0, 0.1) is 22.2 Å². The second-order valence-corrected chi connectivity index (χ2v) is 9.26. The Kier molecular flexibility index (Phi) is 4.67. The number of ether oxygens (including phenoxy) is 1. The topological polar surface area (TPSA) is 57.9 Å². The Morgan fingerprint density at radius 2 is 1.79 bits per heavy atom. The van der Waals surface area contributed by atoms with Crippen molar-refractivity contribution in [1.29, 1.82) is 5.26 Å². The summed E-state index contributed by atoms with van der Waals surface area (Å²) < 4.78 is 6.36. The van der Waals surface area contributed by atoms with E-state index in [1.807, 2.05) is 30.5 Å². The number of halogens is 1. The predicted molar refractivity (Wildman–Crippen MR) is 117 cm³/mol. The number of nitrogens with zero attached hydrogens (tertiary/aromatic N) is 2. The van der Waals surface area contributed by atoms with Gasteiger partial charge in [-0.3, -0.25) is 0 Å². The zero-order valence-electron chi connectivity index (χ0n) is 17.0. The van der Waals surface area contributed by atoms with E-state index in [1.54, 1.807) is 12.1 Å². The molecular weight excluding hydrogens is 382 g/mol. The van der Waals surface area contributed by atoms with Crippen molar-refractivity contribution in [3.8, 4) is 11.8 Å². The van der Waals surface area contributed by atoms with Crippen LogP contribution in [0.4, 0.5) is 5.82 Å². The molecule has 1 saturated carbocycles. The van der Waals surface area contributed by atoms with Gasteiger partial charge in [-0.2, -0.15) is 5.26 Å². The molecule has 1 fully saturated rings. The summed E-state index contributed by atoms with van der Waals surface area (Å²) in [6.45, 7) is 8.82. The predicted octanol–water partition coefficient (Wildman–Crippen LogP) is 6.05. The lowest BCUT2D eigenvalue weighted by Crippen LogP contribution is -2.72. The molecule has 1 heterocycles. The highest BCUT2D eigenvalue weighted by molar-refractivity contribution is 6.31. The molecule has 0 amide bonds. The molecule has 29 heavy (non-hydrogen) atoms. The Hall–Kier alpha value is -2.77. The quantitative estimate of drug-likeness (QED) is 0.573. The Morgan fingerprint density at radius 1 is 1.07 bits per heavy atom. The molecule has 1 aromatic heterocycles. The second-order valence-electron chi connectivity index (χ2n) is 8.85. The largest absolute Gasteiger partial charge is 0.489 e. The van der Waals surface area contributed by atoms with Gasteiger partial charge in [0, 0.05) is 34.5 Å². The molecule has 2 aromatic carbocycles. The highest BCUT2D eigenvalue weighted by Crippen LogP contribution is 2.56. The third kappa shape index (κ3) is 3.20. The maximum Gasteiger partial charge on any atom is 0.134 e. The van der Waals surface area contributed by atoms with Gasteiger partial charge in [0.2, 0.25) is 0 Å². The molecule has 1 N–H and O–H groups in total. The van der Waals surface area contributed by atoms with E-state index < -0.39 is 0 Å². The molecule has 0 radical (unpaired) electrons. The van der Waals surface area contributed by atoms with E-state index >= 15 is 0 Å². The van der Waals surface area contributed by atoms with Crippen molar-refractivity contribution in [2.75, 3.05) is 5.32 Å². The number of benzene rings is 2. The molecule has 1 aliphatic carbocycles. The highest BCUT2D eigenvalue weighted by Gasteiger charge is 2.63. The van der Waals surface area contributed by atoms with Crippen LogP contribution in [0.5, 0.6) is 5.75 Å². The Labute approximate surface area is 176 Å². The average Bonchev–Trinajstić information content (AvgIpc) is 2.70. The number of nitriles is 1. The fraction of sp³-hybridized carbons (Fsp3) is 0.333. The van der Waals surface area contributed by atoms with Crippen LogP contribution in [-0.2, 0) is 0 Å². The molecule has 0 atom stereocenters. The van der Waals surface area contributed by atoms with E-state index in [4.69, 9.17) is 21.6 Å². The fourth-order valence-corrected chi connectivity index (χ4v) is 5.18. The van der Waals surface area contributed by atoms with Crippen LogP contribution in [0.1, 0.15) is 33.3 Å². The van der Waals surface area contributed by atoms with Gasteiger partial charge in [-0.1, -0.05) is 63.6 Å². The maximum absolute atomic E-state index is 9.08. The average molecular weight is 406 g/mol. The number of aromatic nitrogens is 1. The van der Waals surface area contributed by atoms with Crippen LogP contribution in [0.2, 0.25) is 5.02 Å². The van der Waals surface area contributed by atoms with Gasteiger partial charge in [-0.05, 0) is 23.6 Å². The normalized spacial score (nSPS) is 21.8. The van der Waals surface area contributed by atoms with Crippen LogP contribution in [0.3, 0.4) is 0 Å². The number of anilines is 1. The lowest BCUT2D eigenvalue weighted by atomic mass is 9.49. The summed E-state index contributed by atoms with van der Waals surface area (Å²) in [5, 5.41) is 15.5. The number of pyridine rings is 1. The molecule has 5 heteroatoms. The van der Waals surface area contributed by atoms with E-state index in [2.05, 4.69) is 56.2 Å². The lowest BCUT2D eigenvalue weighted by Gasteiger charge is -2.63. The summed E-state index contributed by atoms with van der Waals surface area (Å²) in [4.78, 5) is 4.60. The molecule has 0 aliphatic heterocycles. The van der Waals surface area contributed by atoms with Gasteiger partial charge >= 0.3 is 0 Å². The summed E-state index contributed by atoms with van der Waals surface area (Å²) in [7, 11) is 0. The highest BCUT2D eigenvalue weighted by atomic mass is 35.5. The van der Waals surface area contributed by atoms with Crippen LogP contribution in [0.15, 0.2) is 54.7 Å². The summed E-state index contributed by atoms with van der Waals surface area (Å²) in [5.74, 6) is 1.58. The molecule has 0 spiro atoms. The summed E-state index contributed by atoms with van der Waals surface area (Å²) in [6, 6.07) is 17.8. The molecule has 0 unspecified atom stereocenters. The van der Waals surface area contributed by atoms with Crippen LogP contribution >= 0.6 is 11.6 Å².